The number of hydrogen-bond donors (Lipinski definition) is 1. The molecule has 4 aromatic rings. The van der Waals surface area contributed by atoms with Crippen LogP contribution in [0.3, 0.4) is 0 Å². The number of aromatic nitrogens is 1. The fraction of sp³-hybridized carbons (Fsp3) is 0.353. The Morgan fingerprint density at radius 2 is 1.62 bits per heavy atom. The van der Waals surface area contributed by atoms with Crippen LogP contribution in [-0.4, -0.2) is 68.5 Å². The average molecular weight is 621 g/mol. The maximum Gasteiger partial charge on any atom is 0.408 e. The number of nitrogens with zero attached hydrogens (tertiary/aromatic N) is 3. The zero-order chi connectivity index (χ0) is 31.4. The fourth-order valence-corrected chi connectivity index (χ4v) is 6.15. The van der Waals surface area contributed by atoms with Crippen LogP contribution >= 0.6 is 0 Å². The molecule has 1 fully saturated rings. The molecule has 3 heterocycles. The van der Waals surface area contributed by atoms with Gasteiger partial charge in [0, 0.05) is 42.7 Å². The predicted octanol–water partition coefficient (Wildman–Crippen LogP) is 6.87. The monoisotopic (exact) mass is 620 g/mol. The highest BCUT2D eigenvalue weighted by atomic mass is 19.4. The first-order valence-corrected chi connectivity index (χ1v) is 15.1. The summed E-state index contributed by atoms with van der Waals surface area (Å²) in [6.07, 6.45) is -3.81. The third-order valence-corrected chi connectivity index (χ3v) is 8.40. The number of ether oxygens (including phenoxy) is 3. The van der Waals surface area contributed by atoms with Crippen LogP contribution in [0, 0.1) is 0 Å². The van der Waals surface area contributed by atoms with Crippen molar-refractivity contribution in [2.75, 3.05) is 51.3 Å². The van der Waals surface area contributed by atoms with E-state index in [1.165, 1.54) is 0 Å². The Kier molecular flexibility index (Phi) is 8.71. The zero-order valence-corrected chi connectivity index (χ0v) is 25.0. The predicted molar refractivity (Wildman–Crippen MR) is 165 cm³/mol. The van der Waals surface area contributed by atoms with E-state index in [0.717, 1.165) is 61.6 Å². The van der Waals surface area contributed by atoms with Crippen molar-refractivity contribution >= 4 is 22.8 Å². The molecule has 1 saturated heterocycles. The number of piperazine rings is 1. The second kappa shape index (κ2) is 12.8. The molecule has 2 aliphatic heterocycles. The summed E-state index contributed by atoms with van der Waals surface area (Å²) in [6.45, 7) is 2.82. The van der Waals surface area contributed by atoms with Gasteiger partial charge in [-0.1, -0.05) is 36.4 Å². The van der Waals surface area contributed by atoms with E-state index in [1.807, 2.05) is 53.8 Å². The van der Waals surface area contributed by atoms with Crippen LogP contribution in [0.5, 0.6) is 17.2 Å². The topological polar surface area (TPSA) is 76.2 Å². The number of benzene rings is 3. The lowest BCUT2D eigenvalue weighted by Gasteiger charge is -2.40. The number of pyridine rings is 1. The fourth-order valence-electron chi connectivity index (χ4n) is 6.15. The number of nitrogens with one attached hydrogen (secondary N) is 1. The normalized spacial score (nSPS) is 16.0. The van der Waals surface area contributed by atoms with Crippen molar-refractivity contribution in [3.8, 4) is 17.2 Å². The van der Waals surface area contributed by atoms with Gasteiger partial charge < -0.3 is 24.4 Å². The molecule has 8 nitrogen and oxygen atoms in total. The number of carbonyl (C=O) groups is 1. The van der Waals surface area contributed by atoms with Gasteiger partial charge in [-0.05, 0) is 68.3 Å². The van der Waals surface area contributed by atoms with E-state index in [4.69, 9.17) is 19.2 Å². The van der Waals surface area contributed by atoms with Crippen LogP contribution in [0.25, 0.3) is 10.9 Å². The Morgan fingerprint density at radius 1 is 0.933 bits per heavy atom. The number of halogens is 3. The van der Waals surface area contributed by atoms with Gasteiger partial charge >= 0.3 is 12.3 Å². The first kappa shape index (κ1) is 30.5. The number of anilines is 1. The Bertz CT molecular complexity index is 1610. The number of para-hydroxylation sites is 2. The van der Waals surface area contributed by atoms with Crippen molar-refractivity contribution in [2.45, 2.75) is 31.0 Å². The first-order valence-electron chi connectivity index (χ1n) is 15.1. The molecule has 2 aliphatic rings. The second-order valence-corrected chi connectivity index (χ2v) is 11.3. The maximum absolute atomic E-state index is 12.9. The Hall–Kier alpha value is -4.51. The van der Waals surface area contributed by atoms with Gasteiger partial charge in [0.15, 0.2) is 5.60 Å². The van der Waals surface area contributed by atoms with Crippen molar-refractivity contribution < 1.29 is 32.2 Å². The molecule has 0 bridgehead atoms. The number of hydrogen-bond acceptors (Lipinski definition) is 7. The van der Waals surface area contributed by atoms with Gasteiger partial charge in [0.25, 0.3) is 0 Å². The van der Waals surface area contributed by atoms with Crippen molar-refractivity contribution in [3.63, 3.8) is 0 Å². The molecular weight excluding hydrogens is 585 g/mol. The minimum atomic E-state index is -4.56. The zero-order valence-electron chi connectivity index (χ0n) is 25.0. The quantitative estimate of drug-likeness (QED) is 0.205. The van der Waals surface area contributed by atoms with Crippen LogP contribution in [0.15, 0.2) is 78.9 Å². The van der Waals surface area contributed by atoms with Crippen molar-refractivity contribution in [1.82, 2.24) is 15.2 Å². The summed E-state index contributed by atoms with van der Waals surface area (Å²) < 4.78 is 56.1. The van der Waals surface area contributed by atoms with Gasteiger partial charge in [-0.2, -0.15) is 13.2 Å². The van der Waals surface area contributed by atoms with Crippen molar-refractivity contribution in [2.24, 2.45) is 0 Å². The smallest absolute Gasteiger partial charge is 0.408 e. The van der Waals surface area contributed by atoms with E-state index in [-0.39, 0.29) is 0 Å². The number of unbranched alkanes of at least 4 members (excludes halogenated alkanes) is 1. The summed E-state index contributed by atoms with van der Waals surface area (Å²) >= 11 is 0. The molecule has 0 atom stereocenters. The van der Waals surface area contributed by atoms with E-state index in [2.05, 4.69) is 15.9 Å². The van der Waals surface area contributed by atoms with Crippen LogP contribution in [0.4, 0.5) is 23.8 Å². The van der Waals surface area contributed by atoms with E-state index >= 15 is 0 Å². The average Bonchev–Trinajstić information content (AvgIpc) is 3.05. The summed E-state index contributed by atoms with van der Waals surface area (Å²) in [4.78, 5) is 22.4. The number of methoxy groups -OCH3 is 1. The van der Waals surface area contributed by atoms with Crippen molar-refractivity contribution in [3.05, 3.63) is 90.0 Å². The SMILES string of the molecule is COc1ccc2nc(N3CCN(CCCCC4(OC(=O)NCC(F)(F)F)c5ccccc5Oc5ccccc54)CC3)ccc2c1. The molecule has 0 aliphatic carbocycles. The number of alkyl halides is 3. The van der Waals surface area contributed by atoms with E-state index in [0.29, 0.717) is 35.5 Å². The van der Waals surface area contributed by atoms with Crippen LogP contribution in [0.2, 0.25) is 0 Å². The summed E-state index contributed by atoms with van der Waals surface area (Å²) in [5.41, 5.74) is 0.850. The number of alkyl carbamates (subject to hydrolysis) is 1. The molecule has 45 heavy (non-hydrogen) atoms. The summed E-state index contributed by atoms with van der Waals surface area (Å²) in [7, 11) is 1.65. The molecular formula is C34H35F3N4O4. The molecule has 3 aromatic carbocycles. The highest BCUT2D eigenvalue weighted by molar-refractivity contribution is 5.82. The molecule has 236 valence electrons. The van der Waals surface area contributed by atoms with Gasteiger partial charge in [0.1, 0.15) is 29.6 Å². The van der Waals surface area contributed by atoms with Gasteiger partial charge in [0.2, 0.25) is 0 Å². The lowest BCUT2D eigenvalue weighted by molar-refractivity contribution is -0.124. The Labute approximate surface area is 259 Å². The number of carbonyl (C=O) groups excluding carboxylic acids is 1. The lowest BCUT2D eigenvalue weighted by Crippen LogP contribution is -2.47. The molecule has 1 N–H and O–H groups in total. The van der Waals surface area contributed by atoms with Gasteiger partial charge in [-0.25, -0.2) is 9.78 Å². The number of amides is 1. The summed E-state index contributed by atoms with van der Waals surface area (Å²) in [5, 5.41) is 2.91. The minimum absolute atomic E-state index is 0.385. The Morgan fingerprint density at radius 3 is 2.29 bits per heavy atom. The van der Waals surface area contributed by atoms with Gasteiger partial charge in [0.05, 0.1) is 12.6 Å². The van der Waals surface area contributed by atoms with Crippen LogP contribution < -0.4 is 19.7 Å². The van der Waals surface area contributed by atoms with E-state index in [9.17, 15) is 18.0 Å². The minimum Gasteiger partial charge on any atom is -0.497 e. The molecule has 0 spiro atoms. The van der Waals surface area contributed by atoms with Crippen molar-refractivity contribution in [1.29, 1.82) is 0 Å². The number of fused-ring (bicyclic) bond motifs is 3. The third-order valence-electron chi connectivity index (χ3n) is 8.40. The van der Waals surface area contributed by atoms with Crippen LogP contribution in [0.1, 0.15) is 30.4 Å². The van der Waals surface area contributed by atoms with Gasteiger partial charge in [-0.3, -0.25) is 4.90 Å². The largest absolute Gasteiger partial charge is 0.497 e. The Balaban J connectivity index is 1.11. The second-order valence-electron chi connectivity index (χ2n) is 11.3. The highest BCUT2D eigenvalue weighted by Crippen LogP contribution is 2.51. The van der Waals surface area contributed by atoms with Crippen LogP contribution in [-0.2, 0) is 10.3 Å². The molecule has 0 saturated carbocycles. The number of rotatable bonds is 9. The summed E-state index contributed by atoms with van der Waals surface area (Å²) in [6, 6.07) is 24.4. The lowest BCUT2D eigenvalue weighted by atomic mass is 9.79. The summed E-state index contributed by atoms with van der Waals surface area (Å²) in [5.74, 6) is 2.78. The molecule has 0 radical (unpaired) electrons. The molecule has 1 amide bonds. The van der Waals surface area contributed by atoms with Gasteiger partial charge in [-0.15, -0.1) is 0 Å². The molecule has 11 heteroatoms. The molecule has 0 unspecified atom stereocenters. The highest BCUT2D eigenvalue weighted by Gasteiger charge is 2.45. The first-order chi connectivity index (χ1) is 21.7. The standard InChI is InChI=1S/C34H35F3N4O4/c1-43-25-13-14-28-24(22-25)12-15-31(39-28)41-20-18-40(19-21-41)17-7-6-16-33(45-32(42)38-23-34(35,36)37)26-8-2-4-10-29(26)44-30-11-5-3-9-27(30)33/h2-5,8-15,22H,6-7,16-21,23H2,1H3,(H,38,42). The maximum atomic E-state index is 12.9. The van der Waals surface area contributed by atoms with E-state index < -0.39 is 24.4 Å². The molecule has 6 rings (SSSR count). The molecule has 1 aromatic heterocycles. The third kappa shape index (κ3) is 6.78. The van der Waals surface area contributed by atoms with E-state index in [1.54, 1.807) is 31.4 Å².